The van der Waals surface area contributed by atoms with Gasteiger partial charge in [-0.2, -0.15) is 0 Å². The van der Waals surface area contributed by atoms with Gasteiger partial charge in [0.25, 0.3) is 6.20 Å². The van der Waals surface area contributed by atoms with Crippen molar-refractivity contribution >= 4 is 15.9 Å². The number of nitrogens with zero attached hydrogens (tertiary/aromatic N) is 3. The Labute approximate surface area is 101 Å². The van der Waals surface area contributed by atoms with E-state index < -0.39 is 4.92 Å². The van der Waals surface area contributed by atoms with Gasteiger partial charge in [0.05, 0.1) is 4.92 Å². The Morgan fingerprint density at radius 3 is 2.94 bits per heavy atom. The molecule has 0 aliphatic rings. The molecule has 1 aromatic rings. The minimum atomic E-state index is -0.578. The number of nitro groups is 1. The predicted molar refractivity (Wildman–Crippen MR) is 62.7 cm³/mol. The van der Waals surface area contributed by atoms with Crippen LogP contribution >= 0.6 is 15.9 Å². The van der Waals surface area contributed by atoms with Crippen molar-refractivity contribution in [3.63, 3.8) is 0 Å². The van der Waals surface area contributed by atoms with Crippen LogP contribution in [0.1, 0.15) is 5.56 Å². The minimum Gasteiger partial charge on any atom is -0.380 e. The number of hydrogen-bond acceptors (Lipinski definition) is 5. The van der Waals surface area contributed by atoms with Gasteiger partial charge in [-0.1, -0.05) is 6.07 Å². The summed E-state index contributed by atoms with van der Waals surface area (Å²) in [6.07, 6.45) is 2.45. The quantitative estimate of drug-likeness (QED) is 0.512. The van der Waals surface area contributed by atoms with Crippen LogP contribution in [0.4, 0.5) is 0 Å². The van der Waals surface area contributed by atoms with E-state index in [1.807, 2.05) is 6.07 Å². The van der Waals surface area contributed by atoms with Crippen molar-refractivity contribution in [3.05, 3.63) is 50.6 Å². The molecule has 1 aromatic heterocycles. The first-order valence-corrected chi connectivity index (χ1v) is 5.20. The van der Waals surface area contributed by atoms with Crippen LogP contribution in [0.15, 0.2) is 35.0 Å². The van der Waals surface area contributed by atoms with Crippen LogP contribution in [0, 0.1) is 10.1 Å². The van der Waals surface area contributed by atoms with Gasteiger partial charge >= 0.3 is 0 Å². The van der Waals surface area contributed by atoms with E-state index in [2.05, 4.69) is 20.9 Å². The van der Waals surface area contributed by atoms with E-state index in [1.54, 1.807) is 24.2 Å². The van der Waals surface area contributed by atoms with Gasteiger partial charge < -0.3 is 10.6 Å². The fourth-order valence-electron chi connectivity index (χ4n) is 1.07. The molecule has 16 heavy (non-hydrogen) atoms. The second-order valence-corrected chi connectivity index (χ2v) is 4.00. The third-order valence-corrected chi connectivity index (χ3v) is 2.36. The average molecular weight is 287 g/mol. The Kier molecular flexibility index (Phi) is 4.24. The Hall–Kier alpha value is -1.63. The van der Waals surface area contributed by atoms with Crippen molar-refractivity contribution in [1.82, 2.24) is 9.88 Å². The van der Waals surface area contributed by atoms with Crippen molar-refractivity contribution in [1.29, 1.82) is 0 Å². The standard InChI is InChI=1S/C9H11BrN4O2/c1-13(9(11)6-14(15)16)5-7-2-3-8(10)12-4-7/h2-4,6H,5,11H2,1H3/b9-6+. The van der Waals surface area contributed by atoms with Crippen LogP contribution in [-0.2, 0) is 6.54 Å². The number of halogens is 1. The molecule has 86 valence electrons. The van der Waals surface area contributed by atoms with Gasteiger partial charge in [-0.25, -0.2) is 4.98 Å². The summed E-state index contributed by atoms with van der Waals surface area (Å²) in [5.41, 5.74) is 6.43. The van der Waals surface area contributed by atoms with E-state index in [0.29, 0.717) is 6.54 Å². The van der Waals surface area contributed by atoms with Crippen molar-refractivity contribution in [2.75, 3.05) is 7.05 Å². The summed E-state index contributed by atoms with van der Waals surface area (Å²) in [7, 11) is 1.68. The monoisotopic (exact) mass is 286 g/mol. The van der Waals surface area contributed by atoms with Crippen LogP contribution in [0.5, 0.6) is 0 Å². The fourth-order valence-corrected chi connectivity index (χ4v) is 1.31. The van der Waals surface area contributed by atoms with E-state index in [-0.39, 0.29) is 5.82 Å². The molecular formula is C9H11BrN4O2. The molecule has 0 aliphatic heterocycles. The maximum absolute atomic E-state index is 10.2. The second kappa shape index (κ2) is 5.45. The molecule has 0 aliphatic carbocycles. The van der Waals surface area contributed by atoms with E-state index in [9.17, 15) is 10.1 Å². The molecule has 1 rings (SSSR count). The molecule has 6 nitrogen and oxygen atoms in total. The average Bonchev–Trinajstić information content (AvgIpc) is 2.20. The summed E-state index contributed by atoms with van der Waals surface area (Å²) >= 11 is 3.22. The van der Waals surface area contributed by atoms with Gasteiger partial charge in [-0.05, 0) is 27.6 Å². The van der Waals surface area contributed by atoms with Crippen LogP contribution in [0.3, 0.4) is 0 Å². The van der Waals surface area contributed by atoms with Gasteiger partial charge in [0, 0.05) is 19.8 Å². The molecule has 0 atom stereocenters. The normalized spacial score (nSPS) is 11.2. The largest absolute Gasteiger partial charge is 0.380 e. The zero-order valence-electron chi connectivity index (χ0n) is 8.63. The molecule has 1 heterocycles. The highest BCUT2D eigenvalue weighted by Gasteiger charge is 2.05. The van der Waals surface area contributed by atoms with E-state index in [4.69, 9.17) is 5.73 Å². The van der Waals surface area contributed by atoms with Crippen LogP contribution in [0.2, 0.25) is 0 Å². The SMILES string of the molecule is CN(Cc1ccc(Br)nc1)/C(N)=C/[N+](=O)[O-]. The van der Waals surface area contributed by atoms with Gasteiger partial charge in [0.1, 0.15) is 4.60 Å². The van der Waals surface area contributed by atoms with Gasteiger partial charge in [-0.15, -0.1) is 0 Å². The lowest BCUT2D eigenvalue weighted by Crippen LogP contribution is -2.24. The summed E-state index contributed by atoms with van der Waals surface area (Å²) in [4.78, 5) is 15.3. The number of aromatic nitrogens is 1. The summed E-state index contributed by atoms with van der Waals surface area (Å²) in [6.45, 7) is 0.469. The van der Waals surface area contributed by atoms with Crippen molar-refractivity contribution in [2.45, 2.75) is 6.54 Å². The molecule has 0 bridgehead atoms. The lowest BCUT2D eigenvalue weighted by atomic mass is 10.3. The second-order valence-electron chi connectivity index (χ2n) is 3.18. The minimum absolute atomic E-state index is 0.105. The zero-order valence-corrected chi connectivity index (χ0v) is 10.2. The first kappa shape index (κ1) is 12.4. The summed E-state index contributed by atoms with van der Waals surface area (Å²) in [5, 5.41) is 10.2. The maximum atomic E-state index is 10.2. The summed E-state index contributed by atoms with van der Waals surface area (Å²) in [5.74, 6) is 0.105. The number of nitrogens with two attached hydrogens (primary N) is 1. The zero-order chi connectivity index (χ0) is 12.1. The number of rotatable bonds is 4. The summed E-state index contributed by atoms with van der Waals surface area (Å²) < 4.78 is 0.743. The van der Waals surface area contributed by atoms with E-state index >= 15 is 0 Å². The van der Waals surface area contributed by atoms with Crippen molar-refractivity contribution in [2.24, 2.45) is 5.73 Å². The first-order chi connectivity index (χ1) is 7.49. The Morgan fingerprint density at radius 2 is 2.44 bits per heavy atom. The molecule has 0 saturated carbocycles. The molecule has 2 N–H and O–H groups in total. The molecule has 0 aromatic carbocycles. The molecule has 0 radical (unpaired) electrons. The Morgan fingerprint density at radius 1 is 1.75 bits per heavy atom. The van der Waals surface area contributed by atoms with Gasteiger partial charge in [0.15, 0.2) is 5.82 Å². The van der Waals surface area contributed by atoms with Crippen LogP contribution < -0.4 is 5.73 Å². The van der Waals surface area contributed by atoms with Crippen LogP contribution in [-0.4, -0.2) is 21.9 Å². The van der Waals surface area contributed by atoms with Crippen LogP contribution in [0.25, 0.3) is 0 Å². The number of pyridine rings is 1. The molecule has 0 saturated heterocycles. The summed E-state index contributed by atoms with van der Waals surface area (Å²) in [6, 6.07) is 3.67. The Bertz CT molecular complexity index is 404. The van der Waals surface area contributed by atoms with Gasteiger partial charge in [0.2, 0.25) is 0 Å². The highest BCUT2D eigenvalue weighted by Crippen LogP contribution is 2.09. The van der Waals surface area contributed by atoms with Crippen molar-refractivity contribution in [3.8, 4) is 0 Å². The van der Waals surface area contributed by atoms with Gasteiger partial charge in [-0.3, -0.25) is 10.1 Å². The van der Waals surface area contributed by atoms with E-state index in [1.165, 1.54) is 0 Å². The molecule has 0 unspecified atom stereocenters. The third kappa shape index (κ3) is 3.85. The molecule has 0 amide bonds. The first-order valence-electron chi connectivity index (χ1n) is 4.41. The maximum Gasteiger partial charge on any atom is 0.274 e. The molecule has 0 fully saturated rings. The molecule has 0 spiro atoms. The third-order valence-electron chi connectivity index (χ3n) is 1.89. The highest BCUT2D eigenvalue weighted by molar-refractivity contribution is 9.10. The number of hydrogen-bond donors (Lipinski definition) is 1. The highest BCUT2D eigenvalue weighted by atomic mass is 79.9. The van der Waals surface area contributed by atoms with E-state index in [0.717, 1.165) is 16.4 Å². The van der Waals surface area contributed by atoms with Crippen molar-refractivity contribution < 1.29 is 4.92 Å². The lowest BCUT2D eigenvalue weighted by Gasteiger charge is -2.16. The fraction of sp³-hybridized carbons (Fsp3) is 0.222. The lowest BCUT2D eigenvalue weighted by molar-refractivity contribution is -0.404. The molecule has 7 heteroatoms. The Balaban J connectivity index is 2.67. The topological polar surface area (TPSA) is 85.3 Å². The predicted octanol–water partition coefficient (Wildman–Crippen LogP) is 1.31. The molecular weight excluding hydrogens is 276 g/mol. The smallest absolute Gasteiger partial charge is 0.274 e.